The van der Waals surface area contributed by atoms with Crippen LogP contribution in [0.25, 0.3) is 0 Å². The van der Waals surface area contributed by atoms with Gasteiger partial charge < -0.3 is 35.0 Å². The van der Waals surface area contributed by atoms with Crippen LogP contribution in [0.3, 0.4) is 0 Å². The third-order valence-corrected chi connectivity index (χ3v) is 4.06. The lowest BCUT2D eigenvalue weighted by Gasteiger charge is -2.26. The van der Waals surface area contributed by atoms with E-state index in [9.17, 15) is 23.1 Å². The summed E-state index contributed by atoms with van der Waals surface area (Å²) in [5.74, 6) is 0. The average molecular weight is 506 g/mol. The van der Waals surface area contributed by atoms with Crippen LogP contribution in [0.1, 0.15) is 43.4 Å². The molecular formula is C22H47F3N4O5. The molecule has 2 heterocycles. The molecule has 0 aliphatic carbocycles. The van der Waals surface area contributed by atoms with E-state index in [1.54, 1.807) is 11.8 Å². The zero-order valence-electron chi connectivity index (χ0n) is 21.7. The molecule has 0 radical (unpaired) electrons. The number of carbonyl (C=O) groups excluding carboxylic acids is 2. The Hall–Kier alpha value is -1.47. The van der Waals surface area contributed by atoms with E-state index >= 15 is 0 Å². The number of aliphatic hydroxyl groups is 2. The number of carbonyl (C=O) groups is 2. The second kappa shape index (κ2) is 18.8. The first-order chi connectivity index (χ1) is 15.5. The second-order valence-corrected chi connectivity index (χ2v) is 8.62. The first kappa shape index (κ1) is 34.7. The van der Waals surface area contributed by atoms with E-state index in [2.05, 4.69) is 10.2 Å². The van der Waals surface area contributed by atoms with Crippen LogP contribution < -0.4 is 5.32 Å². The number of hydrogen-bond acceptors (Lipinski definition) is 8. The van der Waals surface area contributed by atoms with Crippen LogP contribution in [0.4, 0.5) is 18.0 Å². The molecule has 1 amide bonds. The van der Waals surface area contributed by atoms with Crippen LogP contribution >= 0.6 is 0 Å². The zero-order chi connectivity index (χ0) is 26.9. The highest BCUT2D eigenvalue weighted by molar-refractivity contribution is 5.68. The Morgan fingerprint density at radius 2 is 1.53 bits per heavy atom. The summed E-state index contributed by atoms with van der Waals surface area (Å²) in [6.45, 7) is 13.7. The largest absolute Gasteiger partial charge is 0.446 e. The number of nitrogens with one attached hydrogen (secondary N) is 1. The van der Waals surface area contributed by atoms with Gasteiger partial charge in [-0.05, 0) is 34.9 Å². The number of rotatable bonds is 0. The minimum Gasteiger partial charge on any atom is -0.444 e. The molecule has 2 atom stereocenters. The first-order valence-corrected chi connectivity index (χ1v) is 10.8. The summed E-state index contributed by atoms with van der Waals surface area (Å²) < 4.78 is 42.7. The fourth-order valence-corrected chi connectivity index (χ4v) is 2.69. The lowest BCUT2D eigenvalue weighted by molar-refractivity contribution is -0.156. The van der Waals surface area contributed by atoms with Crippen LogP contribution in [-0.2, 0) is 9.53 Å². The molecule has 0 bridgehead atoms. The monoisotopic (exact) mass is 505 g/mol. The van der Waals surface area contributed by atoms with Crippen molar-refractivity contribution in [2.24, 2.45) is 0 Å². The number of nitrogens with zero attached hydrogens (tertiary/aromatic N) is 3. The predicted molar refractivity (Wildman–Crippen MR) is 128 cm³/mol. The van der Waals surface area contributed by atoms with E-state index in [-0.39, 0.29) is 19.6 Å². The number of hydrogen-bond donors (Lipinski definition) is 3. The van der Waals surface area contributed by atoms with Crippen LogP contribution in [0.15, 0.2) is 0 Å². The number of amides is 1. The van der Waals surface area contributed by atoms with Gasteiger partial charge in [-0.1, -0.05) is 21.3 Å². The topological polar surface area (TPSA) is 106 Å². The lowest BCUT2D eigenvalue weighted by atomic mass is 10.2. The van der Waals surface area contributed by atoms with Gasteiger partial charge in [-0.3, -0.25) is 4.79 Å². The van der Waals surface area contributed by atoms with Gasteiger partial charge in [0, 0.05) is 47.2 Å². The van der Waals surface area contributed by atoms with E-state index in [4.69, 9.17) is 16.0 Å². The maximum atomic E-state index is 11.8. The number of ether oxygens (including phenoxy) is 1. The van der Waals surface area contributed by atoms with Gasteiger partial charge in [-0.15, -0.1) is 0 Å². The van der Waals surface area contributed by atoms with Gasteiger partial charge in [0.2, 0.25) is 6.29 Å². The summed E-state index contributed by atoms with van der Waals surface area (Å²) in [5.41, 5.74) is -0.486. The van der Waals surface area contributed by atoms with Crippen molar-refractivity contribution in [2.45, 2.75) is 66.0 Å². The molecule has 0 aromatic carbocycles. The normalized spacial score (nSPS) is 22.3. The minimum atomic E-state index is -4.64. The van der Waals surface area contributed by atoms with Crippen LogP contribution in [0.5, 0.6) is 0 Å². The molecule has 2 aliphatic rings. The van der Waals surface area contributed by atoms with Crippen LogP contribution in [0, 0.1) is 0 Å². The summed E-state index contributed by atoms with van der Waals surface area (Å²) in [6.07, 6.45) is -6.73. The number of likely N-dealkylation sites (N-methyl/N-ethyl adjacent to an activating group) is 2. The van der Waals surface area contributed by atoms with E-state index in [0.29, 0.717) is 26.5 Å². The average Bonchev–Trinajstić information content (AvgIpc) is 2.97. The molecule has 0 aromatic rings. The molecule has 2 fully saturated rings. The van der Waals surface area contributed by atoms with Gasteiger partial charge in [-0.25, -0.2) is 4.79 Å². The second-order valence-electron chi connectivity index (χ2n) is 8.62. The number of alkyl halides is 3. The Balaban J connectivity index is -0.000000455. The molecule has 12 heteroatoms. The Labute approximate surface area is 204 Å². The summed E-state index contributed by atoms with van der Waals surface area (Å²) in [6, 6.07) is 0. The van der Waals surface area contributed by atoms with Gasteiger partial charge in [0.05, 0.1) is 18.8 Å². The van der Waals surface area contributed by atoms with Crippen LogP contribution in [-0.4, -0.2) is 128 Å². The first-order valence-electron chi connectivity index (χ1n) is 11.5. The Bertz CT molecular complexity index is 544. The standard InChI is InChI=1S/C11H22N2O3.C6H14N2O.C2HF3O.C2H6.CH4/c1-11(2,3)16-10(15)13-6-5-12(4)7-9(14)8-13;1-8-3-2-7-4-6(9)5-8;3-2(4,5)1-6;1-2;/h9,14H,5-8H2,1-4H3;6-7,9H,2-5H2,1H3;1H;1-2H3;1H4/i;;;1D;. The highest BCUT2D eigenvalue weighted by atomic mass is 19.4. The highest BCUT2D eigenvalue weighted by Crippen LogP contribution is 2.12. The van der Waals surface area contributed by atoms with Gasteiger partial charge in [0.1, 0.15) is 5.60 Å². The highest BCUT2D eigenvalue weighted by Gasteiger charge is 2.27. The zero-order valence-corrected chi connectivity index (χ0v) is 20.7. The Kier molecular flexibility index (Phi) is 19.2. The molecular weight excluding hydrogens is 457 g/mol. The third kappa shape index (κ3) is 22.3. The summed E-state index contributed by atoms with van der Waals surface area (Å²) in [7, 11) is 3.96. The van der Waals surface area contributed by atoms with Crippen molar-refractivity contribution in [3.63, 3.8) is 0 Å². The fourth-order valence-electron chi connectivity index (χ4n) is 2.69. The number of β-amino-alcohol motifs (C(OH)–C–C–N with tert-alkyl or cyclic N) is 2. The van der Waals surface area contributed by atoms with Gasteiger partial charge >= 0.3 is 12.3 Å². The Morgan fingerprint density at radius 1 is 1.06 bits per heavy atom. The summed E-state index contributed by atoms with van der Waals surface area (Å²) >= 11 is 0. The van der Waals surface area contributed by atoms with Crippen molar-refractivity contribution in [2.75, 3.05) is 66.5 Å². The molecule has 0 spiro atoms. The van der Waals surface area contributed by atoms with Crippen LogP contribution in [0.2, 0.25) is 0 Å². The molecule has 9 nitrogen and oxygen atoms in total. The molecule has 2 rings (SSSR count). The molecule has 2 unspecified atom stereocenters. The van der Waals surface area contributed by atoms with Gasteiger partial charge in [-0.2, -0.15) is 13.2 Å². The lowest BCUT2D eigenvalue weighted by Crippen LogP contribution is -2.41. The third-order valence-electron chi connectivity index (χ3n) is 4.06. The maximum Gasteiger partial charge on any atom is 0.446 e. The molecule has 34 heavy (non-hydrogen) atoms. The molecule has 206 valence electrons. The molecule has 2 aliphatic heterocycles. The molecule has 3 N–H and O–H groups in total. The van der Waals surface area contributed by atoms with E-state index in [1.165, 1.54) is 0 Å². The molecule has 0 saturated carbocycles. The fraction of sp³-hybridized carbons (Fsp3) is 0.909. The van der Waals surface area contributed by atoms with Gasteiger partial charge in [0.15, 0.2) is 0 Å². The Morgan fingerprint density at radius 3 is 2.00 bits per heavy atom. The summed E-state index contributed by atoms with van der Waals surface area (Å²) in [5, 5.41) is 22.0. The van der Waals surface area contributed by atoms with E-state index < -0.39 is 24.2 Å². The van der Waals surface area contributed by atoms with Crippen molar-refractivity contribution in [1.29, 1.82) is 0 Å². The summed E-state index contributed by atoms with van der Waals surface area (Å²) in [4.78, 5) is 26.2. The minimum absolute atomic E-state index is 0. The smallest absolute Gasteiger partial charge is 0.444 e. The number of halogens is 3. The van der Waals surface area contributed by atoms with E-state index in [0.717, 1.165) is 32.7 Å². The number of aliphatic hydroxyl groups excluding tert-OH is 2. The maximum absolute atomic E-state index is 11.8. The quantitative estimate of drug-likeness (QED) is 0.428. The van der Waals surface area contributed by atoms with Crippen molar-refractivity contribution in [3.05, 3.63) is 0 Å². The van der Waals surface area contributed by atoms with Crippen molar-refractivity contribution in [3.8, 4) is 0 Å². The predicted octanol–water partition coefficient (Wildman–Crippen LogP) is 1.82. The van der Waals surface area contributed by atoms with Crippen molar-refractivity contribution < 1.29 is 39.1 Å². The van der Waals surface area contributed by atoms with Crippen molar-refractivity contribution >= 4 is 12.4 Å². The van der Waals surface area contributed by atoms with Gasteiger partial charge in [0.25, 0.3) is 0 Å². The molecule has 2 saturated heterocycles. The number of aldehydes is 1. The SMILES string of the molecule is C.CN1CCN(C(=O)OC(C)(C)C)CC(O)C1.CN1CCNCC(O)C1.O=CC(F)(F)F.[2H]CC. The molecule has 0 aromatic heterocycles. The van der Waals surface area contributed by atoms with E-state index in [1.807, 2.05) is 39.8 Å². The van der Waals surface area contributed by atoms with Crippen molar-refractivity contribution in [1.82, 2.24) is 20.0 Å².